The third-order valence-corrected chi connectivity index (χ3v) is 3.20. The van der Waals surface area contributed by atoms with Crippen molar-refractivity contribution >= 4 is 6.03 Å². The Kier molecular flexibility index (Phi) is 4.88. The van der Waals surface area contributed by atoms with Gasteiger partial charge in [-0.3, -0.25) is 0 Å². The van der Waals surface area contributed by atoms with Gasteiger partial charge >= 0.3 is 6.03 Å². The van der Waals surface area contributed by atoms with Crippen LogP contribution in [0.5, 0.6) is 0 Å². The summed E-state index contributed by atoms with van der Waals surface area (Å²) in [6, 6.07) is 12.6. The molecule has 22 heavy (non-hydrogen) atoms. The number of furan rings is 1. The molecule has 1 aromatic carbocycles. The summed E-state index contributed by atoms with van der Waals surface area (Å²) in [7, 11) is 1.65. The van der Waals surface area contributed by atoms with Crippen LogP contribution in [0.3, 0.4) is 0 Å². The summed E-state index contributed by atoms with van der Waals surface area (Å²) in [5.41, 5.74) is -0.0126. The van der Waals surface area contributed by atoms with Gasteiger partial charge in [0.1, 0.15) is 11.8 Å². The lowest BCUT2D eigenvalue weighted by Gasteiger charge is -2.27. The second kappa shape index (κ2) is 6.66. The van der Waals surface area contributed by atoms with Gasteiger partial charge in [-0.15, -0.1) is 0 Å². The average Bonchev–Trinajstić information content (AvgIpc) is 2.97. The first kappa shape index (κ1) is 16.1. The fourth-order valence-electron chi connectivity index (χ4n) is 2.31. The number of hydrogen-bond donors (Lipinski definition) is 2. The van der Waals surface area contributed by atoms with Crippen LogP contribution >= 0.6 is 0 Å². The first-order chi connectivity index (χ1) is 10.4. The van der Waals surface area contributed by atoms with Gasteiger partial charge in [-0.25, -0.2) is 4.79 Å². The van der Waals surface area contributed by atoms with Crippen LogP contribution in [0.4, 0.5) is 4.79 Å². The molecule has 0 saturated carbocycles. The van der Waals surface area contributed by atoms with Crippen molar-refractivity contribution in [1.82, 2.24) is 10.2 Å². The fourth-order valence-corrected chi connectivity index (χ4v) is 2.31. The molecule has 5 nitrogen and oxygen atoms in total. The van der Waals surface area contributed by atoms with E-state index < -0.39 is 5.60 Å². The zero-order chi connectivity index (χ0) is 16.2. The summed E-state index contributed by atoms with van der Waals surface area (Å²) in [6.07, 6.45) is 1.58. The van der Waals surface area contributed by atoms with Crippen LogP contribution in [-0.2, 0) is 0 Å². The van der Waals surface area contributed by atoms with Crippen molar-refractivity contribution in [3.05, 3.63) is 60.1 Å². The molecule has 0 aliphatic rings. The Balaban J connectivity index is 2.16. The van der Waals surface area contributed by atoms with Gasteiger partial charge < -0.3 is 19.7 Å². The minimum absolute atomic E-state index is 0.235. The quantitative estimate of drug-likeness (QED) is 0.892. The number of aliphatic hydroxyl groups is 1. The minimum atomic E-state index is -0.945. The highest BCUT2D eigenvalue weighted by Crippen LogP contribution is 2.22. The van der Waals surface area contributed by atoms with Crippen molar-refractivity contribution in [1.29, 1.82) is 0 Å². The van der Waals surface area contributed by atoms with Crippen LogP contribution in [0.1, 0.15) is 31.2 Å². The average molecular weight is 302 g/mol. The predicted octanol–water partition coefficient (Wildman–Crippen LogP) is 2.78. The minimum Gasteiger partial charge on any atom is -0.467 e. The van der Waals surface area contributed by atoms with E-state index in [0.717, 1.165) is 5.56 Å². The Morgan fingerprint density at radius 2 is 1.95 bits per heavy atom. The van der Waals surface area contributed by atoms with Gasteiger partial charge in [-0.1, -0.05) is 30.3 Å². The molecule has 1 atom stereocenters. The van der Waals surface area contributed by atoms with Gasteiger partial charge in [0.05, 0.1) is 18.4 Å². The summed E-state index contributed by atoms with van der Waals surface area (Å²) in [4.78, 5) is 13.8. The van der Waals surface area contributed by atoms with Crippen molar-refractivity contribution in [2.75, 3.05) is 13.6 Å². The molecule has 0 aliphatic heterocycles. The molecule has 1 heterocycles. The number of likely N-dealkylation sites (N-methyl/N-ethyl adjacent to an activating group) is 1. The molecule has 2 rings (SSSR count). The molecule has 0 radical (unpaired) electrons. The monoisotopic (exact) mass is 302 g/mol. The largest absolute Gasteiger partial charge is 0.467 e. The molecule has 1 aromatic heterocycles. The Labute approximate surface area is 130 Å². The topological polar surface area (TPSA) is 65.7 Å². The van der Waals surface area contributed by atoms with E-state index in [9.17, 15) is 9.90 Å². The van der Waals surface area contributed by atoms with Crippen molar-refractivity contribution in [3.8, 4) is 0 Å². The van der Waals surface area contributed by atoms with E-state index >= 15 is 0 Å². The number of rotatable bonds is 5. The number of urea groups is 1. The van der Waals surface area contributed by atoms with Crippen LogP contribution < -0.4 is 5.32 Å². The normalized spacial score (nSPS) is 12.7. The van der Waals surface area contributed by atoms with E-state index in [1.807, 2.05) is 36.4 Å². The highest BCUT2D eigenvalue weighted by Gasteiger charge is 2.24. The molecule has 0 fully saturated rings. The first-order valence-corrected chi connectivity index (χ1v) is 7.19. The van der Waals surface area contributed by atoms with E-state index in [4.69, 9.17) is 4.42 Å². The SMILES string of the molecule is CN(CC(C)(C)O)C(=O)NC(c1ccccc1)c1ccco1. The molecule has 0 saturated heterocycles. The summed E-state index contributed by atoms with van der Waals surface area (Å²) in [5.74, 6) is 0.663. The number of nitrogens with one attached hydrogen (secondary N) is 1. The maximum atomic E-state index is 12.4. The number of benzene rings is 1. The molecule has 0 aliphatic carbocycles. The maximum Gasteiger partial charge on any atom is 0.318 e. The second-order valence-electron chi connectivity index (χ2n) is 5.98. The van der Waals surface area contributed by atoms with E-state index in [1.165, 1.54) is 4.90 Å². The molecule has 118 valence electrons. The summed E-state index contributed by atoms with van der Waals surface area (Å²) in [6.45, 7) is 3.56. The van der Waals surface area contributed by atoms with Gasteiger partial charge in [0.15, 0.2) is 0 Å². The van der Waals surface area contributed by atoms with Gasteiger partial charge in [0.2, 0.25) is 0 Å². The zero-order valence-corrected chi connectivity index (χ0v) is 13.1. The van der Waals surface area contributed by atoms with Gasteiger partial charge in [-0.2, -0.15) is 0 Å². The Hall–Kier alpha value is -2.27. The lowest BCUT2D eigenvalue weighted by Crippen LogP contribution is -2.45. The van der Waals surface area contributed by atoms with Crippen molar-refractivity contribution in [3.63, 3.8) is 0 Å². The van der Waals surface area contributed by atoms with Crippen molar-refractivity contribution in [2.24, 2.45) is 0 Å². The van der Waals surface area contributed by atoms with E-state index in [0.29, 0.717) is 5.76 Å². The third-order valence-electron chi connectivity index (χ3n) is 3.20. The lowest BCUT2D eigenvalue weighted by molar-refractivity contribution is 0.0528. The maximum absolute atomic E-state index is 12.4. The zero-order valence-electron chi connectivity index (χ0n) is 13.1. The molecule has 0 spiro atoms. The molecule has 2 N–H and O–H groups in total. The molecule has 0 bridgehead atoms. The van der Waals surface area contributed by atoms with Gasteiger partial charge in [0, 0.05) is 7.05 Å². The smallest absolute Gasteiger partial charge is 0.318 e. The van der Waals surface area contributed by atoms with Crippen LogP contribution in [0.15, 0.2) is 53.1 Å². The standard InChI is InChI=1S/C17H22N2O3/c1-17(2,21)12-19(3)16(20)18-15(14-10-7-11-22-14)13-8-5-4-6-9-13/h4-11,15,21H,12H2,1-3H3,(H,18,20). The number of nitrogens with zero attached hydrogens (tertiary/aromatic N) is 1. The van der Waals surface area contributed by atoms with Gasteiger partial charge in [0.25, 0.3) is 0 Å². The highest BCUT2D eigenvalue weighted by atomic mass is 16.3. The molecule has 2 aromatic rings. The third kappa shape index (κ3) is 4.36. The van der Waals surface area contributed by atoms with Crippen molar-refractivity contribution < 1.29 is 14.3 Å². The molecular weight excluding hydrogens is 280 g/mol. The number of amides is 2. The second-order valence-corrected chi connectivity index (χ2v) is 5.98. The lowest BCUT2D eigenvalue weighted by atomic mass is 10.0. The fraction of sp³-hybridized carbons (Fsp3) is 0.353. The summed E-state index contributed by atoms with van der Waals surface area (Å²) in [5, 5.41) is 12.8. The molecule has 2 amide bonds. The Bertz CT molecular complexity index is 588. The molecule has 5 heteroatoms. The van der Waals surface area contributed by atoms with Crippen molar-refractivity contribution in [2.45, 2.75) is 25.5 Å². The number of carbonyl (C=O) groups excluding carboxylic acids is 1. The van der Waals surface area contributed by atoms with Crippen LogP contribution in [0, 0.1) is 0 Å². The highest BCUT2D eigenvalue weighted by molar-refractivity contribution is 5.75. The van der Waals surface area contributed by atoms with Crippen LogP contribution in [-0.4, -0.2) is 35.2 Å². The predicted molar refractivity (Wildman–Crippen MR) is 84.5 cm³/mol. The van der Waals surface area contributed by atoms with E-state index in [-0.39, 0.29) is 18.6 Å². The van der Waals surface area contributed by atoms with Crippen LogP contribution in [0.25, 0.3) is 0 Å². The number of carbonyl (C=O) groups is 1. The Morgan fingerprint density at radius 3 is 2.50 bits per heavy atom. The molecule has 1 unspecified atom stereocenters. The summed E-state index contributed by atoms with van der Waals surface area (Å²) >= 11 is 0. The molecular formula is C17H22N2O3. The van der Waals surface area contributed by atoms with E-state index in [1.54, 1.807) is 33.2 Å². The van der Waals surface area contributed by atoms with Gasteiger partial charge in [-0.05, 0) is 31.5 Å². The number of hydrogen-bond acceptors (Lipinski definition) is 3. The van der Waals surface area contributed by atoms with E-state index in [2.05, 4.69) is 5.32 Å². The Morgan fingerprint density at radius 1 is 1.27 bits per heavy atom. The first-order valence-electron chi connectivity index (χ1n) is 7.19. The summed E-state index contributed by atoms with van der Waals surface area (Å²) < 4.78 is 5.45. The van der Waals surface area contributed by atoms with Crippen LogP contribution in [0.2, 0.25) is 0 Å².